The van der Waals surface area contributed by atoms with Crippen molar-refractivity contribution in [2.45, 2.75) is 26.2 Å². The molecular formula is C8H12N2S. The number of hydrogen-bond donors (Lipinski definition) is 1. The average molecular weight is 168 g/mol. The Hall–Kier alpha value is -0.570. The van der Waals surface area contributed by atoms with Gasteiger partial charge in [0.1, 0.15) is 5.82 Å². The SMILES string of the molecule is Cc1sc(C2CC2C)nc1N. The van der Waals surface area contributed by atoms with Gasteiger partial charge < -0.3 is 5.73 Å². The van der Waals surface area contributed by atoms with Crippen LogP contribution in [0.1, 0.15) is 29.1 Å². The summed E-state index contributed by atoms with van der Waals surface area (Å²) in [5.74, 6) is 2.28. The summed E-state index contributed by atoms with van der Waals surface area (Å²) >= 11 is 1.75. The van der Waals surface area contributed by atoms with Gasteiger partial charge >= 0.3 is 0 Å². The second-order valence-corrected chi connectivity index (χ2v) is 4.55. The predicted molar refractivity (Wildman–Crippen MR) is 47.8 cm³/mol. The van der Waals surface area contributed by atoms with Crippen LogP contribution in [0, 0.1) is 12.8 Å². The first-order chi connectivity index (χ1) is 5.18. The number of thiazole rings is 1. The lowest BCUT2D eigenvalue weighted by Gasteiger charge is -1.85. The number of rotatable bonds is 1. The van der Waals surface area contributed by atoms with Gasteiger partial charge in [0.15, 0.2) is 0 Å². The summed E-state index contributed by atoms with van der Waals surface area (Å²) in [6.45, 7) is 4.29. The molecule has 3 heteroatoms. The van der Waals surface area contributed by atoms with Crippen LogP contribution in [0.2, 0.25) is 0 Å². The van der Waals surface area contributed by atoms with Crippen molar-refractivity contribution in [2.75, 3.05) is 5.73 Å². The molecule has 2 unspecified atom stereocenters. The number of aromatic nitrogens is 1. The maximum atomic E-state index is 5.65. The topological polar surface area (TPSA) is 38.9 Å². The Labute approximate surface area is 70.5 Å². The van der Waals surface area contributed by atoms with Crippen molar-refractivity contribution >= 4 is 17.2 Å². The van der Waals surface area contributed by atoms with Crippen molar-refractivity contribution < 1.29 is 0 Å². The van der Waals surface area contributed by atoms with Gasteiger partial charge in [0.2, 0.25) is 0 Å². The lowest BCUT2D eigenvalue weighted by molar-refractivity contribution is 0.907. The van der Waals surface area contributed by atoms with E-state index in [0.29, 0.717) is 0 Å². The molecule has 2 atom stereocenters. The van der Waals surface area contributed by atoms with Crippen LogP contribution in [0.5, 0.6) is 0 Å². The largest absolute Gasteiger partial charge is 0.383 e. The molecule has 1 aliphatic carbocycles. The highest BCUT2D eigenvalue weighted by molar-refractivity contribution is 7.12. The molecule has 0 saturated heterocycles. The molecular weight excluding hydrogens is 156 g/mol. The summed E-state index contributed by atoms with van der Waals surface area (Å²) in [7, 11) is 0. The molecule has 0 radical (unpaired) electrons. The molecule has 2 N–H and O–H groups in total. The van der Waals surface area contributed by atoms with Crippen LogP contribution in [-0.2, 0) is 0 Å². The molecule has 1 saturated carbocycles. The van der Waals surface area contributed by atoms with E-state index in [2.05, 4.69) is 11.9 Å². The van der Waals surface area contributed by atoms with E-state index in [1.165, 1.54) is 16.3 Å². The minimum absolute atomic E-state index is 0.719. The third kappa shape index (κ3) is 1.13. The van der Waals surface area contributed by atoms with Crippen molar-refractivity contribution in [3.8, 4) is 0 Å². The first kappa shape index (κ1) is 7.10. The summed E-state index contributed by atoms with van der Waals surface area (Å²) < 4.78 is 0. The second kappa shape index (κ2) is 2.21. The Morgan fingerprint density at radius 1 is 1.64 bits per heavy atom. The number of nitrogen functional groups attached to an aromatic ring is 1. The van der Waals surface area contributed by atoms with Gasteiger partial charge in [-0.15, -0.1) is 11.3 Å². The fourth-order valence-electron chi connectivity index (χ4n) is 1.25. The van der Waals surface area contributed by atoms with E-state index in [-0.39, 0.29) is 0 Å². The molecule has 11 heavy (non-hydrogen) atoms. The van der Waals surface area contributed by atoms with Crippen LogP contribution in [0.15, 0.2) is 0 Å². The minimum atomic E-state index is 0.719. The summed E-state index contributed by atoms with van der Waals surface area (Å²) in [4.78, 5) is 5.48. The van der Waals surface area contributed by atoms with Crippen molar-refractivity contribution in [1.82, 2.24) is 4.98 Å². The van der Waals surface area contributed by atoms with E-state index in [4.69, 9.17) is 5.73 Å². The molecule has 1 heterocycles. The highest BCUT2D eigenvalue weighted by Crippen LogP contribution is 2.48. The van der Waals surface area contributed by atoms with Crippen molar-refractivity contribution in [2.24, 2.45) is 5.92 Å². The number of hydrogen-bond acceptors (Lipinski definition) is 3. The number of nitrogens with two attached hydrogens (primary N) is 1. The van der Waals surface area contributed by atoms with Gasteiger partial charge in [-0.05, 0) is 19.3 Å². The monoisotopic (exact) mass is 168 g/mol. The lowest BCUT2D eigenvalue weighted by Crippen LogP contribution is -1.86. The van der Waals surface area contributed by atoms with Crippen LogP contribution in [0.25, 0.3) is 0 Å². The van der Waals surface area contributed by atoms with Gasteiger partial charge in [-0.25, -0.2) is 4.98 Å². The molecule has 2 rings (SSSR count). The highest BCUT2D eigenvalue weighted by Gasteiger charge is 2.36. The molecule has 0 aromatic carbocycles. The van der Waals surface area contributed by atoms with E-state index < -0.39 is 0 Å². The second-order valence-electron chi connectivity index (χ2n) is 3.31. The zero-order chi connectivity index (χ0) is 8.01. The van der Waals surface area contributed by atoms with E-state index >= 15 is 0 Å². The fourth-order valence-corrected chi connectivity index (χ4v) is 2.34. The minimum Gasteiger partial charge on any atom is -0.383 e. The summed E-state index contributed by atoms with van der Waals surface area (Å²) in [5, 5.41) is 1.24. The quantitative estimate of drug-likeness (QED) is 0.698. The van der Waals surface area contributed by atoms with Gasteiger partial charge in [0, 0.05) is 10.8 Å². The normalized spacial score (nSPS) is 28.9. The van der Waals surface area contributed by atoms with Gasteiger partial charge in [0.05, 0.1) is 5.01 Å². The van der Waals surface area contributed by atoms with Crippen LogP contribution in [-0.4, -0.2) is 4.98 Å². The first-order valence-corrected chi connectivity index (χ1v) is 4.73. The maximum absolute atomic E-state index is 5.65. The Kier molecular flexibility index (Phi) is 1.42. The molecule has 0 spiro atoms. The van der Waals surface area contributed by atoms with Gasteiger partial charge in [-0.2, -0.15) is 0 Å². The predicted octanol–water partition coefficient (Wildman–Crippen LogP) is 2.16. The molecule has 0 bridgehead atoms. The van der Waals surface area contributed by atoms with Crippen LogP contribution >= 0.6 is 11.3 Å². The third-order valence-corrected chi connectivity index (χ3v) is 3.39. The first-order valence-electron chi connectivity index (χ1n) is 3.91. The number of anilines is 1. The smallest absolute Gasteiger partial charge is 0.137 e. The van der Waals surface area contributed by atoms with Gasteiger partial charge in [0.25, 0.3) is 0 Å². The van der Waals surface area contributed by atoms with Gasteiger partial charge in [-0.1, -0.05) is 6.92 Å². The molecule has 1 aromatic rings. The molecule has 1 aromatic heterocycles. The van der Waals surface area contributed by atoms with Crippen molar-refractivity contribution in [1.29, 1.82) is 0 Å². The standard InChI is InChI=1S/C8H12N2S/c1-4-3-6(4)8-10-7(9)5(2)11-8/h4,6H,3,9H2,1-2H3. The highest BCUT2D eigenvalue weighted by atomic mass is 32.1. The average Bonchev–Trinajstić information content (AvgIpc) is 2.56. The van der Waals surface area contributed by atoms with E-state index in [9.17, 15) is 0 Å². The summed E-state index contributed by atoms with van der Waals surface area (Å²) in [6, 6.07) is 0. The Bertz CT molecular complexity index is 260. The Morgan fingerprint density at radius 3 is 2.64 bits per heavy atom. The fraction of sp³-hybridized carbons (Fsp3) is 0.625. The maximum Gasteiger partial charge on any atom is 0.137 e. The molecule has 0 amide bonds. The molecule has 60 valence electrons. The van der Waals surface area contributed by atoms with E-state index in [1.807, 2.05) is 6.92 Å². The molecule has 2 nitrogen and oxygen atoms in total. The molecule has 1 fully saturated rings. The lowest BCUT2D eigenvalue weighted by atomic mass is 10.4. The summed E-state index contributed by atoms with van der Waals surface area (Å²) in [6.07, 6.45) is 1.30. The zero-order valence-electron chi connectivity index (χ0n) is 6.79. The Balaban J connectivity index is 2.26. The zero-order valence-corrected chi connectivity index (χ0v) is 7.61. The Morgan fingerprint density at radius 2 is 2.27 bits per heavy atom. The van der Waals surface area contributed by atoms with Crippen LogP contribution < -0.4 is 5.73 Å². The summed E-state index contributed by atoms with van der Waals surface area (Å²) in [5.41, 5.74) is 5.65. The van der Waals surface area contributed by atoms with Crippen LogP contribution in [0.4, 0.5) is 5.82 Å². The van der Waals surface area contributed by atoms with Crippen molar-refractivity contribution in [3.05, 3.63) is 9.88 Å². The van der Waals surface area contributed by atoms with Gasteiger partial charge in [-0.3, -0.25) is 0 Å². The van der Waals surface area contributed by atoms with Crippen molar-refractivity contribution in [3.63, 3.8) is 0 Å². The van der Waals surface area contributed by atoms with E-state index in [1.54, 1.807) is 11.3 Å². The molecule has 0 aliphatic heterocycles. The van der Waals surface area contributed by atoms with Crippen LogP contribution in [0.3, 0.4) is 0 Å². The van der Waals surface area contributed by atoms with E-state index in [0.717, 1.165) is 17.7 Å². The third-order valence-electron chi connectivity index (χ3n) is 2.28. The number of aryl methyl sites for hydroxylation is 1. The molecule has 1 aliphatic rings. The number of nitrogens with zero attached hydrogens (tertiary/aromatic N) is 1.